The summed E-state index contributed by atoms with van der Waals surface area (Å²) < 4.78 is 38.5. The number of halogens is 3. The lowest BCUT2D eigenvalue weighted by molar-refractivity contribution is 0.447. The highest BCUT2D eigenvalue weighted by Crippen LogP contribution is 2.22. The van der Waals surface area contributed by atoms with Gasteiger partial charge in [-0.2, -0.15) is 0 Å². The maximum atomic E-state index is 12.9. The third kappa shape index (κ3) is 1.86. The number of hydrogen-bond acceptors (Lipinski definition) is 0. The molecule has 0 heterocycles. The van der Waals surface area contributed by atoms with Gasteiger partial charge in [0, 0.05) is 0 Å². The van der Waals surface area contributed by atoms with Crippen LogP contribution in [0.15, 0.2) is 36.4 Å². The van der Waals surface area contributed by atoms with Crippen LogP contribution in [0.4, 0.5) is 13.2 Å². The highest BCUT2D eigenvalue weighted by atomic mass is 19.2. The monoisotopic (exact) mass is 207 g/mol. The first-order chi connectivity index (χ1) is 7.18. The molecular weight excluding hydrogens is 201 g/mol. The molecule has 0 aromatic heterocycles. The predicted octanol–water partition coefficient (Wildman–Crippen LogP) is 3.57. The van der Waals surface area contributed by atoms with Crippen LogP contribution in [0.1, 0.15) is 0 Å². The normalized spacial score (nSPS) is 10.3. The number of hydrogen-bond donors (Lipinski definition) is 0. The molecular formula is C12H6F3. The molecule has 75 valence electrons. The maximum absolute atomic E-state index is 12.9. The fourth-order valence-corrected chi connectivity index (χ4v) is 1.28. The average Bonchev–Trinajstić information content (AvgIpc) is 2.26. The Morgan fingerprint density at radius 1 is 0.933 bits per heavy atom. The molecule has 2 aromatic carbocycles. The van der Waals surface area contributed by atoms with Gasteiger partial charge in [0.15, 0.2) is 17.5 Å². The van der Waals surface area contributed by atoms with Crippen molar-refractivity contribution >= 4 is 0 Å². The molecule has 0 fully saturated rings. The molecule has 3 heteroatoms. The topological polar surface area (TPSA) is 0 Å². The molecule has 0 saturated carbocycles. The molecule has 0 N–H and O–H groups in total. The van der Waals surface area contributed by atoms with Crippen molar-refractivity contribution < 1.29 is 13.2 Å². The van der Waals surface area contributed by atoms with Gasteiger partial charge in [-0.3, -0.25) is 0 Å². The molecule has 0 unspecified atom stereocenters. The van der Waals surface area contributed by atoms with Gasteiger partial charge in [-0.05, 0) is 29.3 Å². The summed E-state index contributed by atoms with van der Waals surface area (Å²) in [5, 5.41) is 0. The Balaban J connectivity index is 2.56. The van der Waals surface area contributed by atoms with Crippen LogP contribution < -0.4 is 0 Å². The number of benzene rings is 2. The fraction of sp³-hybridized carbons (Fsp3) is 0. The van der Waals surface area contributed by atoms with Gasteiger partial charge in [0.1, 0.15) is 0 Å². The second-order valence-corrected chi connectivity index (χ2v) is 3.03. The molecule has 0 atom stereocenters. The Kier molecular flexibility index (Phi) is 2.46. The van der Waals surface area contributed by atoms with Crippen molar-refractivity contribution in [3.05, 3.63) is 59.9 Å². The van der Waals surface area contributed by atoms with Gasteiger partial charge in [-0.15, -0.1) is 0 Å². The Bertz CT molecular complexity index is 454. The Morgan fingerprint density at radius 2 is 1.60 bits per heavy atom. The highest BCUT2D eigenvalue weighted by Gasteiger charge is 2.11. The minimum absolute atomic E-state index is 0.270. The van der Waals surface area contributed by atoms with E-state index in [0.717, 1.165) is 12.1 Å². The molecule has 0 amide bonds. The third-order valence-electron chi connectivity index (χ3n) is 2.00. The molecule has 0 aliphatic carbocycles. The lowest BCUT2D eigenvalue weighted by atomic mass is 10.1. The van der Waals surface area contributed by atoms with E-state index in [-0.39, 0.29) is 5.56 Å². The van der Waals surface area contributed by atoms with E-state index in [4.69, 9.17) is 0 Å². The van der Waals surface area contributed by atoms with Crippen molar-refractivity contribution in [3.63, 3.8) is 0 Å². The first-order valence-corrected chi connectivity index (χ1v) is 4.30. The summed E-state index contributed by atoms with van der Waals surface area (Å²) >= 11 is 0. The van der Waals surface area contributed by atoms with Crippen molar-refractivity contribution in [2.24, 2.45) is 0 Å². The van der Waals surface area contributed by atoms with E-state index in [1.54, 1.807) is 24.3 Å². The summed E-state index contributed by atoms with van der Waals surface area (Å²) in [6.07, 6.45) is 0. The minimum Gasteiger partial charge on any atom is -0.204 e. The van der Waals surface area contributed by atoms with Gasteiger partial charge in [0.05, 0.1) is 0 Å². The first kappa shape index (κ1) is 9.77. The SMILES string of the molecule is Fc1cc(-c2[c]cccc2)cc(F)c1F. The van der Waals surface area contributed by atoms with Crippen LogP contribution in [0, 0.1) is 23.5 Å². The van der Waals surface area contributed by atoms with E-state index in [1.807, 2.05) is 0 Å². The lowest BCUT2D eigenvalue weighted by Gasteiger charge is -2.02. The molecule has 2 rings (SSSR count). The molecule has 0 spiro atoms. The molecule has 0 aliphatic rings. The van der Waals surface area contributed by atoms with Gasteiger partial charge in [0.2, 0.25) is 0 Å². The van der Waals surface area contributed by atoms with Gasteiger partial charge in [-0.25, -0.2) is 13.2 Å². The van der Waals surface area contributed by atoms with Gasteiger partial charge in [0.25, 0.3) is 0 Å². The van der Waals surface area contributed by atoms with Crippen LogP contribution in [0.2, 0.25) is 0 Å². The van der Waals surface area contributed by atoms with Crippen LogP contribution in [0.5, 0.6) is 0 Å². The van der Waals surface area contributed by atoms with E-state index >= 15 is 0 Å². The molecule has 0 bridgehead atoms. The number of rotatable bonds is 1. The summed E-state index contributed by atoms with van der Waals surface area (Å²) in [6, 6.07) is 11.4. The standard InChI is InChI=1S/C12H6F3/c13-10-6-9(7-11(14)12(10)15)8-4-2-1-3-5-8/h1-4,6-7H. The third-order valence-corrected chi connectivity index (χ3v) is 2.00. The molecule has 15 heavy (non-hydrogen) atoms. The largest absolute Gasteiger partial charge is 0.204 e. The van der Waals surface area contributed by atoms with E-state index < -0.39 is 17.5 Å². The zero-order chi connectivity index (χ0) is 10.8. The van der Waals surface area contributed by atoms with Crippen molar-refractivity contribution in [3.8, 4) is 11.1 Å². The van der Waals surface area contributed by atoms with Gasteiger partial charge < -0.3 is 0 Å². The van der Waals surface area contributed by atoms with E-state index in [0.29, 0.717) is 5.56 Å². The van der Waals surface area contributed by atoms with E-state index in [9.17, 15) is 13.2 Å². The molecule has 2 aromatic rings. The van der Waals surface area contributed by atoms with Crippen LogP contribution in [-0.2, 0) is 0 Å². The van der Waals surface area contributed by atoms with E-state index in [2.05, 4.69) is 6.07 Å². The van der Waals surface area contributed by atoms with Crippen LogP contribution >= 0.6 is 0 Å². The zero-order valence-electron chi connectivity index (χ0n) is 7.60. The fourth-order valence-electron chi connectivity index (χ4n) is 1.28. The molecule has 1 radical (unpaired) electrons. The first-order valence-electron chi connectivity index (χ1n) is 4.30. The van der Waals surface area contributed by atoms with Crippen molar-refractivity contribution in [1.82, 2.24) is 0 Å². The Hall–Kier alpha value is -1.77. The smallest absolute Gasteiger partial charge is 0.194 e. The van der Waals surface area contributed by atoms with Gasteiger partial charge in [-0.1, -0.05) is 24.3 Å². The second-order valence-electron chi connectivity index (χ2n) is 3.03. The van der Waals surface area contributed by atoms with Crippen molar-refractivity contribution in [2.45, 2.75) is 0 Å². The average molecular weight is 207 g/mol. The summed E-state index contributed by atoms with van der Waals surface area (Å²) in [5.74, 6) is -3.83. The minimum atomic E-state index is -1.45. The van der Waals surface area contributed by atoms with Crippen LogP contribution in [-0.4, -0.2) is 0 Å². The van der Waals surface area contributed by atoms with Crippen LogP contribution in [0.3, 0.4) is 0 Å². The van der Waals surface area contributed by atoms with Crippen molar-refractivity contribution in [2.75, 3.05) is 0 Å². The maximum Gasteiger partial charge on any atom is 0.194 e. The predicted molar refractivity (Wildman–Crippen MR) is 50.6 cm³/mol. The zero-order valence-corrected chi connectivity index (χ0v) is 7.60. The molecule has 0 saturated heterocycles. The summed E-state index contributed by atoms with van der Waals surface area (Å²) in [5.41, 5.74) is 0.794. The van der Waals surface area contributed by atoms with E-state index in [1.165, 1.54) is 0 Å². The lowest BCUT2D eigenvalue weighted by Crippen LogP contribution is -1.91. The molecule has 0 aliphatic heterocycles. The summed E-state index contributed by atoms with van der Waals surface area (Å²) in [6.45, 7) is 0. The quantitative estimate of drug-likeness (QED) is 0.627. The Morgan fingerprint density at radius 3 is 2.13 bits per heavy atom. The van der Waals surface area contributed by atoms with Crippen LogP contribution in [0.25, 0.3) is 11.1 Å². The molecule has 0 nitrogen and oxygen atoms in total. The Labute approximate surface area is 85.0 Å². The highest BCUT2D eigenvalue weighted by molar-refractivity contribution is 5.62. The summed E-state index contributed by atoms with van der Waals surface area (Å²) in [4.78, 5) is 0. The second kappa shape index (κ2) is 3.77. The summed E-state index contributed by atoms with van der Waals surface area (Å²) in [7, 11) is 0. The van der Waals surface area contributed by atoms with Gasteiger partial charge >= 0.3 is 0 Å². The van der Waals surface area contributed by atoms with Crippen molar-refractivity contribution in [1.29, 1.82) is 0 Å².